The van der Waals surface area contributed by atoms with Gasteiger partial charge in [-0.1, -0.05) is 23.7 Å². The fourth-order valence-corrected chi connectivity index (χ4v) is 1.96. The number of hydrogen-bond acceptors (Lipinski definition) is 2. The molecule has 0 saturated heterocycles. The van der Waals surface area contributed by atoms with Crippen molar-refractivity contribution in [3.8, 4) is 0 Å². The molecule has 2 aromatic rings. The molecular formula is C15H15ClFNO. The summed E-state index contributed by atoms with van der Waals surface area (Å²) in [5, 5.41) is 13.8. The fraction of sp³-hybridized carbons (Fsp3) is 0.200. The van der Waals surface area contributed by atoms with E-state index in [0.717, 1.165) is 16.8 Å². The Balaban J connectivity index is 2.00. The first kappa shape index (κ1) is 13.8. The van der Waals surface area contributed by atoms with Gasteiger partial charge in [0.25, 0.3) is 0 Å². The number of rotatable bonds is 4. The maximum absolute atomic E-state index is 13.0. The highest BCUT2D eigenvalue weighted by molar-refractivity contribution is 6.30. The van der Waals surface area contributed by atoms with Gasteiger partial charge in [-0.2, -0.15) is 0 Å². The second-order valence-electron chi connectivity index (χ2n) is 4.41. The highest BCUT2D eigenvalue weighted by Crippen LogP contribution is 2.19. The minimum absolute atomic E-state index is 0.263. The Morgan fingerprint density at radius 2 is 1.89 bits per heavy atom. The summed E-state index contributed by atoms with van der Waals surface area (Å²) in [5.41, 5.74) is 2.41. The first-order chi connectivity index (χ1) is 9.06. The molecule has 2 aromatic carbocycles. The van der Waals surface area contributed by atoms with E-state index in [1.54, 1.807) is 30.3 Å². The predicted octanol–water partition coefficient (Wildman–Crippen LogP) is 3.93. The third kappa shape index (κ3) is 3.69. The summed E-state index contributed by atoms with van der Waals surface area (Å²) in [5.74, 6) is -0.263. The van der Waals surface area contributed by atoms with E-state index in [1.807, 2.05) is 6.92 Å². The normalized spacial score (nSPS) is 12.2. The van der Waals surface area contributed by atoms with Crippen LogP contribution in [-0.4, -0.2) is 11.7 Å². The van der Waals surface area contributed by atoms with E-state index in [-0.39, 0.29) is 5.82 Å². The third-order valence-electron chi connectivity index (χ3n) is 2.93. The molecule has 2 rings (SSSR count). The molecule has 19 heavy (non-hydrogen) atoms. The predicted molar refractivity (Wildman–Crippen MR) is 76.0 cm³/mol. The zero-order valence-corrected chi connectivity index (χ0v) is 11.3. The quantitative estimate of drug-likeness (QED) is 0.889. The summed E-state index contributed by atoms with van der Waals surface area (Å²) in [6.07, 6.45) is -0.637. The van der Waals surface area contributed by atoms with Gasteiger partial charge in [0, 0.05) is 17.3 Å². The molecule has 4 heteroatoms. The fourth-order valence-electron chi connectivity index (χ4n) is 1.83. The molecule has 0 heterocycles. The second kappa shape index (κ2) is 6.04. The Labute approximate surface area is 116 Å². The van der Waals surface area contributed by atoms with Crippen LogP contribution in [0.2, 0.25) is 5.02 Å². The zero-order chi connectivity index (χ0) is 13.8. The van der Waals surface area contributed by atoms with E-state index in [4.69, 9.17) is 11.6 Å². The molecule has 2 N–H and O–H groups in total. The average molecular weight is 280 g/mol. The number of nitrogens with one attached hydrogen (secondary N) is 1. The van der Waals surface area contributed by atoms with Gasteiger partial charge >= 0.3 is 0 Å². The highest BCUT2D eigenvalue weighted by Gasteiger charge is 2.08. The SMILES string of the molecule is Cc1cc(F)ccc1NCC(O)c1ccc(Cl)cc1. The summed E-state index contributed by atoms with van der Waals surface area (Å²) >= 11 is 5.79. The van der Waals surface area contributed by atoms with Crippen LogP contribution in [0.25, 0.3) is 0 Å². The lowest BCUT2D eigenvalue weighted by atomic mass is 10.1. The van der Waals surface area contributed by atoms with E-state index in [2.05, 4.69) is 5.32 Å². The molecule has 0 aliphatic heterocycles. The molecular weight excluding hydrogens is 265 g/mol. The molecule has 0 fully saturated rings. The number of anilines is 1. The minimum atomic E-state index is -0.637. The van der Waals surface area contributed by atoms with Gasteiger partial charge in [-0.05, 0) is 48.4 Å². The van der Waals surface area contributed by atoms with Gasteiger partial charge in [0.1, 0.15) is 5.82 Å². The lowest BCUT2D eigenvalue weighted by Gasteiger charge is -2.14. The van der Waals surface area contributed by atoms with Crippen molar-refractivity contribution in [2.24, 2.45) is 0 Å². The van der Waals surface area contributed by atoms with Crippen molar-refractivity contribution in [2.75, 3.05) is 11.9 Å². The van der Waals surface area contributed by atoms with Gasteiger partial charge < -0.3 is 10.4 Å². The summed E-state index contributed by atoms with van der Waals surface area (Å²) in [6.45, 7) is 2.17. The van der Waals surface area contributed by atoms with E-state index in [9.17, 15) is 9.50 Å². The lowest BCUT2D eigenvalue weighted by Crippen LogP contribution is -2.12. The molecule has 2 nitrogen and oxygen atoms in total. The average Bonchev–Trinajstić information content (AvgIpc) is 2.38. The van der Waals surface area contributed by atoms with Crippen molar-refractivity contribution < 1.29 is 9.50 Å². The van der Waals surface area contributed by atoms with Gasteiger partial charge in [0.2, 0.25) is 0 Å². The standard InChI is InChI=1S/C15H15ClFNO/c1-10-8-13(17)6-7-14(10)18-9-15(19)11-2-4-12(16)5-3-11/h2-8,15,18-19H,9H2,1H3. The molecule has 100 valence electrons. The molecule has 1 atom stereocenters. The Morgan fingerprint density at radius 3 is 2.53 bits per heavy atom. The smallest absolute Gasteiger partial charge is 0.123 e. The number of hydrogen-bond donors (Lipinski definition) is 2. The Hall–Kier alpha value is -1.58. The van der Waals surface area contributed by atoms with Crippen molar-refractivity contribution in [1.29, 1.82) is 0 Å². The van der Waals surface area contributed by atoms with Crippen molar-refractivity contribution in [3.05, 3.63) is 64.4 Å². The summed E-state index contributed by atoms with van der Waals surface area (Å²) < 4.78 is 13.0. The van der Waals surface area contributed by atoms with Crippen molar-refractivity contribution >= 4 is 17.3 Å². The number of aliphatic hydroxyl groups excluding tert-OH is 1. The number of aliphatic hydroxyl groups is 1. The molecule has 0 spiro atoms. The van der Waals surface area contributed by atoms with E-state index < -0.39 is 6.10 Å². The minimum Gasteiger partial charge on any atom is -0.387 e. The monoisotopic (exact) mass is 279 g/mol. The van der Waals surface area contributed by atoms with Crippen LogP contribution in [0.4, 0.5) is 10.1 Å². The second-order valence-corrected chi connectivity index (χ2v) is 4.84. The Kier molecular flexibility index (Phi) is 4.40. The number of benzene rings is 2. The largest absolute Gasteiger partial charge is 0.387 e. The third-order valence-corrected chi connectivity index (χ3v) is 3.18. The van der Waals surface area contributed by atoms with Crippen LogP contribution >= 0.6 is 11.6 Å². The van der Waals surface area contributed by atoms with Crippen LogP contribution in [0, 0.1) is 12.7 Å². The van der Waals surface area contributed by atoms with Crippen LogP contribution in [0.1, 0.15) is 17.2 Å². The molecule has 0 radical (unpaired) electrons. The van der Waals surface area contributed by atoms with Crippen LogP contribution in [0.5, 0.6) is 0 Å². The first-order valence-corrected chi connectivity index (χ1v) is 6.37. The Bertz CT molecular complexity index is 557. The zero-order valence-electron chi connectivity index (χ0n) is 10.5. The Morgan fingerprint density at radius 1 is 1.21 bits per heavy atom. The lowest BCUT2D eigenvalue weighted by molar-refractivity contribution is 0.191. The number of aryl methyl sites for hydroxylation is 1. The topological polar surface area (TPSA) is 32.3 Å². The van der Waals surface area contributed by atoms with Gasteiger partial charge in [-0.3, -0.25) is 0 Å². The molecule has 0 aromatic heterocycles. The van der Waals surface area contributed by atoms with Gasteiger partial charge in [-0.15, -0.1) is 0 Å². The van der Waals surface area contributed by atoms with Crippen LogP contribution in [-0.2, 0) is 0 Å². The molecule has 0 saturated carbocycles. The van der Waals surface area contributed by atoms with Crippen LogP contribution in [0.15, 0.2) is 42.5 Å². The molecule has 0 bridgehead atoms. The number of halogens is 2. The van der Waals surface area contributed by atoms with Crippen LogP contribution in [0.3, 0.4) is 0 Å². The van der Waals surface area contributed by atoms with E-state index >= 15 is 0 Å². The maximum Gasteiger partial charge on any atom is 0.123 e. The van der Waals surface area contributed by atoms with Crippen molar-refractivity contribution in [2.45, 2.75) is 13.0 Å². The van der Waals surface area contributed by atoms with E-state index in [1.165, 1.54) is 12.1 Å². The summed E-state index contributed by atoms with van der Waals surface area (Å²) in [6, 6.07) is 11.6. The van der Waals surface area contributed by atoms with Crippen molar-refractivity contribution in [1.82, 2.24) is 0 Å². The van der Waals surface area contributed by atoms with Gasteiger partial charge in [0.05, 0.1) is 6.10 Å². The maximum atomic E-state index is 13.0. The first-order valence-electron chi connectivity index (χ1n) is 6.00. The van der Waals surface area contributed by atoms with E-state index in [0.29, 0.717) is 11.6 Å². The van der Waals surface area contributed by atoms with Crippen molar-refractivity contribution in [3.63, 3.8) is 0 Å². The molecule has 0 aliphatic rings. The molecule has 0 aliphatic carbocycles. The van der Waals surface area contributed by atoms with Gasteiger partial charge in [0.15, 0.2) is 0 Å². The van der Waals surface area contributed by atoms with Gasteiger partial charge in [-0.25, -0.2) is 4.39 Å². The summed E-state index contributed by atoms with van der Waals surface area (Å²) in [7, 11) is 0. The molecule has 0 amide bonds. The van der Waals surface area contributed by atoms with Crippen LogP contribution < -0.4 is 5.32 Å². The summed E-state index contributed by atoms with van der Waals surface area (Å²) in [4.78, 5) is 0. The molecule has 1 unspecified atom stereocenters. The highest BCUT2D eigenvalue weighted by atomic mass is 35.5.